The molecule has 0 saturated carbocycles. The quantitative estimate of drug-likeness (QED) is 0.421. The lowest BCUT2D eigenvalue weighted by molar-refractivity contribution is -0.146. The van der Waals surface area contributed by atoms with Crippen LogP contribution < -0.4 is 0 Å². The van der Waals surface area contributed by atoms with Crippen molar-refractivity contribution in [1.29, 1.82) is 0 Å². The van der Waals surface area contributed by atoms with Gasteiger partial charge in [-0.3, -0.25) is 4.79 Å². The zero-order chi connectivity index (χ0) is 30.5. The van der Waals surface area contributed by atoms with Crippen molar-refractivity contribution < 1.29 is 33.0 Å². The summed E-state index contributed by atoms with van der Waals surface area (Å²) < 4.78 is 40.8. The Hall–Kier alpha value is -3.11. The number of amides is 3. The minimum absolute atomic E-state index is 0.191. The van der Waals surface area contributed by atoms with E-state index in [-0.39, 0.29) is 57.6 Å². The molecule has 3 amide bonds. The molecule has 0 spiro atoms. The largest absolute Gasteiger partial charge is 0.416 e. The van der Waals surface area contributed by atoms with Gasteiger partial charge in [0.15, 0.2) is 0 Å². The lowest BCUT2D eigenvalue weighted by Gasteiger charge is -2.46. The highest BCUT2D eigenvalue weighted by molar-refractivity contribution is 5.83. The molecule has 1 aliphatic heterocycles. The predicted molar refractivity (Wildman–Crippen MR) is 151 cm³/mol. The second-order valence-corrected chi connectivity index (χ2v) is 11.2. The van der Waals surface area contributed by atoms with Crippen molar-refractivity contribution in [2.45, 2.75) is 65.2 Å². The minimum atomic E-state index is -4.50. The Morgan fingerprint density at radius 1 is 1.07 bits per heavy atom. The third-order valence-corrected chi connectivity index (χ3v) is 8.42. The molecule has 1 saturated heterocycles. The fourth-order valence-corrected chi connectivity index (χ4v) is 5.56. The number of aryl methyl sites for hydroxylation is 2. The number of hydrogen-bond donors (Lipinski definition) is 2. The molecule has 7 nitrogen and oxygen atoms in total. The van der Waals surface area contributed by atoms with Crippen molar-refractivity contribution in [2.75, 3.05) is 39.9 Å². The molecule has 3 rings (SSSR count). The number of rotatable bonds is 9. The SMILES string of the molecule is CCc1cc(C(C)N(C)C(=O)N2CCN(C(=O)C(C)(CCO)CCO)CC2c2ccccc2C)cc(C(F)(F)F)c1. The smallest absolute Gasteiger partial charge is 0.396 e. The van der Waals surface area contributed by atoms with Gasteiger partial charge >= 0.3 is 12.2 Å². The van der Waals surface area contributed by atoms with E-state index in [1.807, 2.05) is 31.2 Å². The zero-order valence-corrected chi connectivity index (χ0v) is 24.5. The maximum Gasteiger partial charge on any atom is 0.416 e. The molecule has 2 unspecified atom stereocenters. The van der Waals surface area contributed by atoms with Gasteiger partial charge < -0.3 is 24.9 Å². The van der Waals surface area contributed by atoms with E-state index in [1.54, 1.807) is 43.7 Å². The topological polar surface area (TPSA) is 84.3 Å². The molecule has 0 radical (unpaired) electrons. The highest BCUT2D eigenvalue weighted by Crippen LogP contribution is 2.36. The Labute approximate surface area is 240 Å². The van der Waals surface area contributed by atoms with Crippen LogP contribution in [0.2, 0.25) is 0 Å². The molecule has 1 aliphatic rings. The van der Waals surface area contributed by atoms with Crippen molar-refractivity contribution in [2.24, 2.45) is 5.41 Å². The molecule has 0 aliphatic carbocycles. The van der Waals surface area contributed by atoms with Crippen LogP contribution >= 0.6 is 0 Å². The third kappa shape index (κ3) is 7.22. The molecule has 2 aromatic rings. The summed E-state index contributed by atoms with van der Waals surface area (Å²) in [4.78, 5) is 32.5. The lowest BCUT2D eigenvalue weighted by atomic mass is 9.81. The third-order valence-electron chi connectivity index (χ3n) is 8.42. The van der Waals surface area contributed by atoms with Crippen LogP contribution in [0, 0.1) is 12.3 Å². The van der Waals surface area contributed by atoms with Crippen LogP contribution in [0.25, 0.3) is 0 Å². The van der Waals surface area contributed by atoms with Crippen LogP contribution in [-0.2, 0) is 17.4 Å². The summed E-state index contributed by atoms with van der Waals surface area (Å²) in [5.74, 6) is -0.191. The van der Waals surface area contributed by atoms with Crippen LogP contribution in [0.1, 0.15) is 73.5 Å². The van der Waals surface area contributed by atoms with Gasteiger partial charge in [-0.05, 0) is 67.5 Å². The van der Waals surface area contributed by atoms with Crippen molar-refractivity contribution >= 4 is 11.9 Å². The van der Waals surface area contributed by atoms with E-state index in [0.29, 0.717) is 17.5 Å². The zero-order valence-electron chi connectivity index (χ0n) is 24.5. The summed E-state index contributed by atoms with van der Waals surface area (Å²) in [6.45, 7) is 7.47. The average molecular weight is 578 g/mol. The number of benzene rings is 2. The van der Waals surface area contributed by atoms with E-state index in [0.717, 1.165) is 23.3 Å². The first-order valence-corrected chi connectivity index (χ1v) is 14.1. The van der Waals surface area contributed by atoms with Crippen LogP contribution in [0.3, 0.4) is 0 Å². The molecule has 1 fully saturated rings. The van der Waals surface area contributed by atoms with Gasteiger partial charge in [0, 0.05) is 39.9 Å². The Morgan fingerprint density at radius 3 is 2.27 bits per heavy atom. The molecule has 2 N–H and O–H groups in total. The number of carbonyl (C=O) groups is 2. The van der Waals surface area contributed by atoms with Crippen molar-refractivity contribution in [1.82, 2.24) is 14.7 Å². The molecular formula is C31H42F3N3O4. The van der Waals surface area contributed by atoms with Crippen molar-refractivity contribution in [3.05, 3.63) is 70.3 Å². The van der Waals surface area contributed by atoms with E-state index < -0.39 is 29.2 Å². The first kappa shape index (κ1) is 32.4. The number of alkyl halides is 3. The summed E-state index contributed by atoms with van der Waals surface area (Å²) in [5.41, 5.74) is 1.08. The number of aliphatic hydroxyl groups is 2. The van der Waals surface area contributed by atoms with Gasteiger partial charge in [0.2, 0.25) is 5.91 Å². The van der Waals surface area contributed by atoms with Gasteiger partial charge in [0.25, 0.3) is 0 Å². The number of hydrogen-bond acceptors (Lipinski definition) is 4. The van der Waals surface area contributed by atoms with Gasteiger partial charge in [-0.25, -0.2) is 4.79 Å². The summed E-state index contributed by atoms with van der Waals surface area (Å²) in [7, 11) is 1.59. The van der Waals surface area contributed by atoms with Gasteiger partial charge in [-0.2, -0.15) is 13.2 Å². The first-order chi connectivity index (χ1) is 19.3. The molecule has 2 atom stereocenters. The van der Waals surface area contributed by atoms with E-state index in [4.69, 9.17) is 0 Å². The molecule has 2 aromatic carbocycles. The number of aliphatic hydroxyl groups excluding tert-OH is 2. The first-order valence-electron chi connectivity index (χ1n) is 14.1. The molecule has 10 heteroatoms. The van der Waals surface area contributed by atoms with E-state index >= 15 is 0 Å². The summed E-state index contributed by atoms with van der Waals surface area (Å²) >= 11 is 0. The molecular weight excluding hydrogens is 535 g/mol. The Kier molecular flexibility index (Phi) is 10.5. The highest BCUT2D eigenvalue weighted by Gasteiger charge is 2.42. The van der Waals surface area contributed by atoms with Crippen LogP contribution in [-0.4, -0.2) is 76.7 Å². The second-order valence-electron chi connectivity index (χ2n) is 11.2. The predicted octanol–water partition coefficient (Wildman–Crippen LogP) is 5.35. The highest BCUT2D eigenvalue weighted by atomic mass is 19.4. The van der Waals surface area contributed by atoms with Crippen LogP contribution in [0.15, 0.2) is 42.5 Å². The van der Waals surface area contributed by atoms with E-state index in [2.05, 4.69) is 0 Å². The van der Waals surface area contributed by atoms with Crippen LogP contribution in [0.5, 0.6) is 0 Å². The lowest BCUT2D eigenvalue weighted by Crippen LogP contribution is -2.57. The van der Waals surface area contributed by atoms with Gasteiger partial charge in [0.1, 0.15) is 0 Å². The standard InChI is InChI=1S/C31H42F3N3O4/c1-6-23-17-24(19-25(18-23)31(32,33)34)22(3)35(5)29(41)37-14-13-36(28(40)30(4,11-15-38)12-16-39)20-27(37)26-10-8-7-9-21(26)2/h7-10,17-19,22,27,38-39H,6,11-16,20H2,1-5H3. The number of nitrogens with zero attached hydrogens (tertiary/aromatic N) is 3. The van der Waals surface area contributed by atoms with Crippen molar-refractivity contribution in [3.63, 3.8) is 0 Å². The minimum Gasteiger partial charge on any atom is -0.396 e. The molecule has 0 aromatic heterocycles. The fraction of sp³-hybridized carbons (Fsp3) is 0.548. The van der Waals surface area contributed by atoms with Crippen LogP contribution in [0.4, 0.5) is 18.0 Å². The number of piperazine rings is 1. The average Bonchev–Trinajstić information content (AvgIpc) is 2.95. The molecule has 1 heterocycles. The Morgan fingerprint density at radius 2 is 1.71 bits per heavy atom. The normalized spacial score (nSPS) is 17.0. The molecule has 0 bridgehead atoms. The Bertz CT molecular complexity index is 1210. The van der Waals surface area contributed by atoms with Gasteiger partial charge in [-0.1, -0.05) is 44.2 Å². The van der Waals surface area contributed by atoms with E-state index in [1.165, 1.54) is 4.90 Å². The summed E-state index contributed by atoms with van der Waals surface area (Å²) in [5, 5.41) is 19.2. The van der Waals surface area contributed by atoms with E-state index in [9.17, 15) is 33.0 Å². The maximum atomic E-state index is 14.0. The second kappa shape index (κ2) is 13.2. The Balaban J connectivity index is 1.94. The number of halogens is 3. The molecule has 41 heavy (non-hydrogen) atoms. The maximum absolute atomic E-state index is 14.0. The van der Waals surface area contributed by atoms with Gasteiger partial charge in [0.05, 0.1) is 23.1 Å². The number of carbonyl (C=O) groups excluding carboxylic acids is 2. The fourth-order valence-electron chi connectivity index (χ4n) is 5.56. The summed E-state index contributed by atoms with van der Waals surface area (Å²) in [6.07, 6.45) is -3.66. The molecule has 226 valence electrons. The summed E-state index contributed by atoms with van der Waals surface area (Å²) in [6, 6.07) is 10.1. The van der Waals surface area contributed by atoms with Crippen molar-refractivity contribution in [3.8, 4) is 0 Å². The van der Waals surface area contributed by atoms with Gasteiger partial charge in [-0.15, -0.1) is 0 Å². The monoisotopic (exact) mass is 577 g/mol. The number of urea groups is 1.